The summed E-state index contributed by atoms with van der Waals surface area (Å²) in [6.45, 7) is 3.09. The lowest BCUT2D eigenvalue weighted by molar-refractivity contribution is 0.249. The monoisotopic (exact) mass is 519 g/mol. The van der Waals surface area contributed by atoms with Crippen LogP contribution in [0.15, 0.2) is 30.5 Å². The molecule has 35 heavy (non-hydrogen) atoms. The van der Waals surface area contributed by atoms with Gasteiger partial charge in [0.15, 0.2) is 5.82 Å². The first-order valence-electron chi connectivity index (χ1n) is 12.4. The summed E-state index contributed by atoms with van der Waals surface area (Å²) in [7, 11) is 1.15. The molecule has 2 aromatic rings. The van der Waals surface area contributed by atoms with E-state index < -0.39 is 10.0 Å². The number of anilines is 4. The van der Waals surface area contributed by atoms with Gasteiger partial charge in [-0.2, -0.15) is 9.29 Å². The standard InChI is InChI=1S/C24H34ClN7O2S/c1-30(2)19-10-12-31(13-11-19)20-5-3-17(4-6-20)28-24-26-15-22(25)23(29-24)27-18-9-14-32(16-18)35(33,34)21-7-8-21/h3-6,15,18-19,21H,7-14,16H2,1-2H3,(H2,26,27,28,29)/t18-/m1/s1. The molecule has 0 spiro atoms. The van der Waals surface area contributed by atoms with Crippen LogP contribution in [0.4, 0.5) is 23.1 Å². The summed E-state index contributed by atoms with van der Waals surface area (Å²) in [5.41, 5.74) is 2.12. The Kier molecular flexibility index (Phi) is 7.07. The molecule has 0 bridgehead atoms. The Morgan fingerprint density at radius 1 is 1.03 bits per heavy atom. The minimum absolute atomic E-state index is 0.0281. The number of rotatable bonds is 8. The Labute approximate surface area is 212 Å². The Morgan fingerprint density at radius 2 is 1.74 bits per heavy atom. The van der Waals surface area contributed by atoms with E-state index in [0.717, 1.165) is 38.0 Å². The number of hydrogen-bond donors (Lipinski definition) is 2. The molecule has 11 heteroatoms. The fourth-order valence-corrected chi connectivity index (χ4v) is 6.95. The van der Waals surface area contributed by atoms with Crippen LogP contribution < -0.4 is 15.5 Å². The van der Waals surface area contributed by atoms with Gasteiger partial charge in [-0.3, -0.25) is 0 Å². The first kappa shape index (κ1) is 24.5. The summed E-state index contributed by atoms with van der Waals surface area (Å²) in [4.78, 5) is 13.6. The molecule has 1 aliphatic carbocycles. The third-order valence-corrected chi connectivity index (χ3v) is 9.87. The van der Waals surface area contributed by atoms with Crippen LogP contribution in [-0.2, 0) is 10.0 Å². The average molecular weight is 520 g/mol. The van der Waals surface area contributed by atoms with E-state index in [0.29, 0.717) is 35.9 Å². The van der Waals surface area contributed by atoms with E-state index in [-0.39, 0.29) is 11.3 Å². The first-order valence-corrected chi connectivity index (χ1v) is 14.2. The van der Waals surface area contributed by atoms with E-state index in [1.807, 2.05) is 12.1 Å². The van der Waals surface area contributed by atoms with Crippen LogP contribution in [-0.4, -0.2) is 85.2 Å². The SMILES string of the molecule is CN(C)C1CCN(c2ccc(Nc3ncc(Cl)c(N[C@@H]4CCN(S(=O)(=O)C5CC5)C4)n3)cc2)CC1. The van der Waals surface area contributed by atoms with Crippen LogP contribution in [0.3, 0.4) is 0 Å². The van der Waals surface area contributed by atoms with Crippen molar-refractivity contribution in [2.24, 2.45) is 0 Å². The molecule has 9 nitrogen and oxygen atoms in total. The Hall–Kier alpha value is -2.14. The highest BCUT2D eigenvalue weighted by Gasteiger charge is 2.42. The molecule has 2 N–H and O–H groups in total. The molecule has 1 aromatic carbocycles. The fourth-order valence-electron chi connectivity index (χ4n) is 4.90. The number of hydrogen-bond acceptors (Lipinski definition) is 8. The molecule has 0 amide bonds. The highest BCUT2D eigenvalue weighted by Crippen LogP contribution is 2.33. The number of nitrogens with one attached hydrogen (secondary N) is 2. The van der Waals surface area contributed by atoms with Crippen molar-refractivity contribution >= 4 is 44.8 Å². The van der Waals surface area contributed by atoms with E-state index in [2.05, 4.69) is 56.6 Å². The molecule has 190 valence electrons. The summed E-state index contributed by atoms with van der Waals surface area (Å²) < 4.78 is 26.6. The largest absolute Gasteiger partial charge is 0.371 e. The molecule has 1 aromatic heterocycles. The second-order valence-corrected chi connectivity index (χ2v) is 12.6. The van der Waals surface area contributed by atoms with Gasteiger partial charge in [-0.25, -0.2) is 13.4 Å². The molecule has 5 rings (SSSR count). The van der Waals surface area contributed by atoms with Gasteiger partial charge in [0.05, 0.1) is 11.4 Å². The van der Waals surface area contributed by atoms with Crippen molar-refractivity contribution in [1.82, 2.24) is 19.2 Å². The van der Waals surface area contributed by atoms with Gasteiger partial charge < -0.3 is 20.4 Å². The van der Waals surface area contributed by atoms with Crippen LogP contribution in [0.25, 0.3) is 0 Å². The molecule has 0 unspecified atom stereocenters. The van der Waals surface area contributed by atoms with E-state index in [1.54, 1.807) is 10.5 Å². The summed E-state index contributed by atoms with van der Waals surface area (Å²) in [5, 5.41) is 6.80. The van der Waals surface area contributed by atoms with Crippen molar-refractivity contribution in [1.29, 1.82) is 0 Å². The lowest BCUT2D eigenvalue weighted by Gasteiger charge is -2.36. The molecule has 3 fully saturated rings. The Morgan fingerprint density at radius 3 is 2.40 bits per heavy atom. The highest BCUT2D eigenvalue weighted by molar-refractivity contribution is 7.90. The van der Waals surface area contributed by atoms with Crippen molar-refractivity contribution in [3.63, 3.8) is 0 Å². The quantitative estimate of drug-likeness (QED) is 0.548. The maximum absolute atomic E-state index is 12.5. The van der Waals surface area contributed by atoms with Gasteiger partial charge >= 0.3 is 0 Å². The normalized spacial score (nSPS) is 22.1. The van der Waals surface area contributed by atoms with Crippen molar-refractivity contribution in [2.45, 2.75) is 49.4 Å². The van der Waals surface area contributed by atoms with Gasteiger partial charge in [-0.1, -0.05) is 11.6 Å². The van der Waals surface area contributed by atoms with Crippen LogP contribution >= 0.6 is 11.6 Å². The highest BCUT2D eigenvalue weighted by atomic mass is 35.5. The van der Waals surface area contributed by atoms with Crippen LogP contribution in [0.2, 0.25) is 5.02 Å². The molecule has 2 saturated heterocycles. The first-order chi connectivity index (χ1) is 16.8. The lowest BCUT2D eigenvalue weighted by Crippen LogP contribution is -2.41. The molecular weight excluding hydrogens is 486 g/mol. The van der Waals surface area contributed by atoms with Crippen molar-refractivity contribution in [2.75, 3.05) is 55.8 Å². The number of aromatic nitrogens is 2. The average Bonchev–Trinajstić information content (AvgIpc) is 3.61. The Balaban J connectivity index is 1.19. The molecule has 3 heterocycles. The lowest BCUT2D eigenvalue weighted by atomic mass is 10.0. The summed E-state index contributed by atoms with van der Waals surface area (Å²) in [6, 6.07) is 8.96. The number of halogens is 1. The molecule has 0 radical (unpaired) electrons. The number of benzene rings is 1. The molecular formula is C24H34ClN7O2S. The van der Waals surface area contributed by atoms with Crippen molar-refractivity contribution in [3.05, 3.63) is 35.5 Å². The van der Waals surface area contributed by atoms with Gasteiger partial charge in [0.25, 0.3) is 0 Å². The summed E-state index contributed by atoms with van der Waals surface area (Å²) in [5.74, 6) is 0.956. The van der Waals surface area contributed by atoms with E-state index in [1.165, 1.54) is 18.5 Å². The van der Waals surface area contributed by atoms with Crippen molar-refractivity contribution < 1.29 is 8.42 Å². The number of piperidine rings is 1. The van der Waals surface area contributed by atoms with Crippen LogP contribution in [0, 0.1) is 0 Å². The third-order valence-electron chi connectivity index (χ3n) is 7.22. The van der Waals surface area contributed by atoms with E-state index >= 15 is 0 Å². The molecule has 1 saturated carbocycles. The van der Waals surface area contributed by atoms with Gasteiger partial charge in [0.1, 0.15) is 5.02 Å². The zero-order valence-electron chi connectivity index (χ0n) is 20.3. The predicted molar refractivity (Wildman–Crippen MR) is 141 cm³/mol. The maximum atomic E-state index is 12.5. The molecule has 1 atom stereocenters. The summed E-state index contributed by atoms with van der Waals surface area (Å²) in [6.07, 6.45) is 6.19. The maximum Gasteiger partial charge on any atom is 0.229 e. The van der Waals surface area contributed by atoms with Gasteiger partial charge in [-0.05, 0) is 70.5 Å². The van der Waals surface area contributed by atoms with E-state index in [4.69, 9.17) is 11.6 Å². The molecule has 3 aliphatic rings. The van der Waals surface area contributed by atoms with Gasteiger partial charge in [0.2, 0.25) is 16.0 Å². The van der Waals surface area contributed by atoms with E-state index in [9.17, 15) is 8.42 Å². The minimum Gasteiger partial charge on any atom is -0.371 e. The predicted octanol–water partition coefficient (Wildman–Crippen LogP) is 3.38. The zero-order chi connectivity index (χ0) is 24.6. The minimum atomic E-state index is -3.16. The second kappa shape index (κ2) is 10.1. The van der Waals surface area contributed by atoms with Crippen LogP contribution in [0.1, 0.15) is 32.1 Å². The van der Waals surface area contributed by atoms with Crippen molar-refractivity contribution in [3.8, 4) is 0 Å². The zero-order valence-corrected chi connectivity index (χ0v) is 21.9. The Bertz CT molecular complexity index is 1130. The smallest absolute Gasteiger partial charge is 0.229 e. The third kappa shape index (κ3) is 5.66. The fraction of sp³-hybridized carbons (Fsp3) is 0.583. The van der Waals surface area contributed by atoms with Crippen LogP contribution in [0.5, 0.6) is 0 Å². The number of nitrogens with zero attached hydrogens (tertiary/aromatic N) is 5. The van der Waals surface area contributed by atoms with Gasteiger partial charge in [-0.15, -0.1) is 0 Å². The summed E-state index contributed by atoms with van der Waals surface area (Å²) >= 11 is 6.35. The molecule has 2 aliphatic heterocycles. The second-order valence-electron chi connectivity index (χ2n) is 9.98. The van der Waals surface area contributed by atoms with Gasteiger partial charge in [0, 0.05) is 49.6 Å². The topological polar surface area (TPSA) is 93.7 Å². The number of sulfonamides is 1.